The number of nitrogens with two attached hydrogens (primary N) is 1. The highest BCUT2D eigenvalue weighted by molar-refractivity contribution is 5.49. The monoisotopic (exact) mass is 266 g/mol. The molecule has 1 unspecified atom stereocenters. The van der Waals surface area contributed by atoms with Crippen LogP contribution in [0.25, 0.3) is 0 Å². The van der Waals surface area contributed by atoms with E-state index >= 15 is 0 Å². The van der Waals surface area contributed by atoms with Gasteiger partial charge in [-0.2, -0.15) is 0 Å². The number of methoxy groups -OCH3 is 1. The molecule has 0 aromatic heterocycles. The number of nitrogens with one attached hydrogen (secondary N) is 1. The molecule has 1 aromatic carbocycles. The Kier molecular flexibility index (Phi) is 6.28. The Morgan fingerprint density at radius 3 is 2.58 bits per heavy atom. The molecule has 0 radical (unpaired) electrons. The molecular weight excluding hydrogens is 240 g/mol. The molecule has 0 spiro atoms. The van der Waals surface area contributed by atoms with Crippen molar-refractivity contribution in [3.05, 3.63) is 28.3 Å². The molecule has 0 aliphatic carbocycles. The third kappa shape index (κ3) is 4.20. The summed E-state index contributed by atoms with van der Waals surface area (Å²) in [5.74, 6) is 0.985. The van der Waals surface area contributed by atoms with Crippen LogP contribution in [0.3, 0.4) is 0 Å². The predicted octanol–water partition coefficient (Wildman–Crippen LogP) is 1.07. The number of rotatable bonds is 7. The summed E-state index contributed by atoms with van der Waals surface area (Å²) in [6, 6.07) is 2.20. The fourth-order valence-corrected chi connectivity index (χ4v) is 2.26. The molecule has 0 saturated heterocycles. The maximum Gasteiger partial charge on any atom is 0.125 e. The summed E-state index contributed by atoms with van der Waals surface area (Å²) in [7, 11) is 1.72. The first-order valence-corrected chi connectivity index (χ1v) is 6.73. The molecule has 4 nitrogen and oxygen atoms in total. The number of aliphatic hydroxyl groups excluding tert-OH is 1. The molecule has 0 saturated carbocycles. The van der Waals surface area contributed by atoms with Crippen molar-refractivity contribution in [1.29, 1.82) is 0 Å². The molecule has 0 heterocycles. The molecule has 4 heteroatoms. The smallest absolute Gasteiger partial charge is 0.125 e. The zero-order valence-electron chi connectivity index (χ0n) is 12.4. The summed E-state index contributed by atoms with van der Waals surface area (Å²) >= 11 is 0. The second-order valence-corrected chi connectivity index (χ2v) is 4.99. The number of hydrogen-bond acceptors (Lipinski definition) is 4. The van der Waals surface area contributed by atoms with Gasteiger partial charge in [-0.15, -0.1) is 0 Å². The van der Waals surface area contributed by atoms with Crippen LogP contribution in [-0.2, 0) is 6.42 Å². The van der Waals surface area contributed by atoms with Gasteiger partial charge < -0.3 is 20.9 Å². The van der Waals surface area contributed by atoms with E-state index in [1.54, 1.807) is 7.11 Å². The molecule has 19 heavy (non-hydrogen) atoms. The van der Waals surface area contributed by atoms with Gasteiger partial charge in [0.2, 0.25) is 0 Å². The predicted molar refractivity (Wildman–Crippen MR) is 78.8 cm³/mol. The number of benzene rings is 1. The molecular formula is C15H26N2O2. The highest BCUT2D eigenvalue weighted by Gasteiger charge is 2.12. The van der Waals surface area contributed by atoms with E-state index in [1.165, 1.54) is 22.3 Å². The minimum Gasteiger partial charge on any atom is -0.496 e. The Balaban J connectivity index is 2.70. The van der Waals surface area contributed by atoms with Gasteiger partial charge in [-0.3, -0.25) is 0 Å². The van der Waals surface area contributed by atoms with Crippen molar-refractivity contribution in [2.45, 2.75) is 33.3 Å². The highest BCUT2D eigenvalue weighted by Crippen LogP contribution is 2.29. The standard InChI is InChI=1S/C15H26N2O2/c1-10-7-11(2)14(15(19-4)12(10)3)5-6-17-9-13(18)8-16/h7,13,17-18H,5-6,8-9,16H2,1-4H3. The zero-order valence-corrected chi connectivity index (χ0v) is 12.4. The van der Waals surface area contributed by atoms with Crippen LogP contribution in [0.15, 0.2) is 6.07 Å². The SMILES string of the molecule is COc1c(C)c(C)cc(C)c1CCNCC(O)CN. The van der Waals surface area contributed by atoms with Crippen LogP contribution in [0, 0.1) is 20.8 Å². The molecule has 108 valence electrons. The summed E-state index contributed by atoms with van der Waals surface area (Å²) in [6.07, 6.45) is 0.413. The van der Waals surface area contributed by atoms with Crippen molar-refractivity contribution in [3.63, 3.8) is 0 Å². The number of aryl methyl sites for hydroxylation is 2. The van der Waals surface area contributed by atoms with Crippen LogP contribution in [-0.4, -0.2) is 38.0 Å². The Hall–Kier alpha value is -1.10. The Bertz CT molecular complexity index is 419. The first-order chi connectivity index (χ1) is 9.01. The van der Waals surface area contributed by atoms with Gasteiger partial charge in [-0.25, -0.2) is 0 Å². The van der Waals surface area contributed by atoms with E-state index in [4.69, 9.17) is 10.5 Å². The molecule has 0 aliphatic rings. The van der Waals surface area contributed by atoms with Crippen LogP contribution < -0.4 is 15.8 Å². The normalized spacial score (nSPS) is 12.5. The third-order valence-electron chi connectivity index (χ3n) is 3.52. The summed E-state index contributed by atoms with van der Waals surface area (Å²) in [4.78, 5) is 0. The van der Waals surface area contributed by atoms with E-state index in [2.05, 4.69) is 32.2 Å². The summed E-state index contributed by atoms with van der Waals surface area (Å²) in [6.45, 7) is 7.92. The van der Waals surface area contributed by atoms with Gasteiger partial charge in [-0.05, 0) is 56.0 Å². The lowest BCUT2D eigenvalue weighted by atomic mass is 9.97. The minimum atomic E-state index is -0.470. The Labute approximate surface area is 116 Å². The molecule has 0 aliphatic heterocycles. The minimum absolute atomic E-state index is 0.291. The third-order valence-corrected chi connectivity index (χ3v) is 3.52. The van der Waals surface area contributed by atoms with Crippen molar-refractivity contribution in [2.24, 2.45) is 5.73 Å². The molecule has 0 fully saturated rings. The molecule has 0 bridgehead atoms. The van der Waals surface area contributed by atoms with E-state index in [1.807, 2.05) is 0 Å². The molecule has 1 aromatic rings. The van der Waals surface area contributed by atoms with Crippen LogP contribution in [0.2, 0.25) is 0 Å². The van der Waals surface area contributed by atoms with Gasteiger partial charge in [0.05, 0.1) is 13.2 Å². The van der Waals surface area contributed by atoms with Gasteiger partial charge in [-0.1, -0.05) is 6.07 Å². The van der Waals surface area contributed by atoms with E-state index in [9.17, 15) is 5.11 Å². The summed E-state index contributed by atoms with van der Waals surface area (Å²) in [5.41, 5.74) is 10.3. The number of ether oxygens (including phenoxy) is 1. The van der Waals surface area contributed by atoms with Crippen molar-refractivity contribution >= 4 is 0 Å². The lowest BCUT2D eigenvalue weighted by Gasteiger charge is -2.17. The average molecular weight is 266 g/mol. The van der Waals surface area contributed by atoms with Crippen LogP contribution in [0.1, 0.15) is 22.3 Å². The van der Waals surface area contributed by atoms with Crippen molar-refractivity contribution in [3.8, 4) is 5.75 Å². The Morgan fingerprint density at radius 2 is 2.00 bits per heavy atom. The summed E-state index contributed by atoms with van der Waals surface area (Å²) < 4.78 is 5.54. The quantitative estimate of drug-likeness (QED) is 0.646. The van der Waals surface area contributed by atoms with Gasteiger partial charge in [0.15, 0.2) is 0 Å². The second-order valence-electron chi connectivity index (χ2n) is 4.99. The summed E-state index contributed by atoms with van der Waals surface area (Å²) in [5, 5.41) is 12.6. The highest BCUT2D eigenvalue weighted by atomic mass is 16.5. The maximum atomic E-state index is 9.38. The topological polar surface area (TPSA) is 67.5 Å². The van der Waals surface area contributed by atoms with Gasteiger partial charge in [0.25, 0.3) is 0 Å². The second kappa shape index (κ2) is 7.48. The fourth-order valence-electron chi connectivity index (χ4n) is 2.26. The lowest BCUT2D eigenvalue weighted by molar-refractivity contribution is 0.180. The van der Waals surface area contributed by atoms with Crippen LogP contribution in [0.4, 0.5) is 0 Å². The fraction of sp³-hybridized carbons (Fsp3) is 0.600. The van der Waals surface area contributed by atoms with E-state index < -0.39 is 6.10 Å². The van der Waals surface area contributed by atoms with E-state index in [0.717, 1.165) is 18.7 Å². The van der Waals surface area contributed by atoms with Gasteiger partial charge in [0.1, 0.15) is 5.75 Å². The first-order valence-electron chi connectivity index (χ1n) is 6.73. The molecule has 1 rings (SSSR count). The first kappa shape index (κ1) is 16.0. The van der Waals surface area contributed by atoms with Gasteiger partial charge >= 0.3 is 0 Å². The maximum absolute atomic E-state index is 9.38. The van der Waals surface area contributed by atoms with Crippen molar-refractivity contribution in [2.75, 3.05) is 26.7 Å². The van der Waals surface area contributed by atoms with Crippen LogP contribution >= 0.6 is 0 Å². The molecule has 4 N–H and O–H groups in total. The van der Waals surface area contributed by atoms with E-state index in [-0.39, 0.29) is 0 Å². The largest absolute Gasteiger partial charge is 0.496 e. The molecule has 0 amide bonds. The van der Waals surface area contributed by atoms with Gasteiger partial charge in [0, 0.05) is 13.1 Å². The lowest BCUT2D eigenvalue weighted by Crippen LogP contribution is -2.33. The van der Waals surface area contributed by atoms with Crippen molar-refractivity contribution in [1.82, 2.24) is 5.32 Å². The van der Waals surface area contributed by atoms with Crippen molar-refractivity contribution < 1.29 is 9.84 Å². The average Bonchev–Trinajstić information content (AvgIpc) is 2.39. The Morgan fingerprint density at radius 1 is 1.32 bits per heavy atom. The number of aliphatic hydroxyl groups is 1. The van der Waals surface area contributed by atoms with Crippen LogP contribution in [0.5, 0.6) is 5.75 Å². The zero-order chi connectivity index (χ0) is 14.4. The van der Waals surface area contributed by atoms with E-state index in [0.29, 0.717) is 13.1 Å². The molecule has 1 atom stereocenters. The number of hydrogen-bond donors (Lipinski definition) is 3.